The van der Waals surface area contributed by atoms with E-state index in [-0.39, 0.29) is 22.8 Å². The van der Waals surface area contributed by atoms with Crippen LogP contribution in [0.15, 0.2) is 41.5 Å². The Morgan fingerprint density at radius 2 is 1.94 bits per heavy atom. The van der Waals surface area contributed by atoms with Crippen molar-refractivity contribution in [3.05, 3.63) is 58.3 Å². The summed E-state index contributed by atoms with van der Waals surface area (Å²) in [5.41, 5.74) is -0.169. The van der Waals surface area contributed by atoms with E-state index in [9.17, 15) is 23.9 Å². The topological polar surface area (TPSA) is 101 Å². The fourth-order valence-electron chi connectivity index (χ4n) is 3.21. The maximum atomic E-state index is 14.9. The van der Waals surface area contributed by atoms with Gasteiger partial charge in [0.1, 0.15) is 17.2 Å². The molecule has 3 aromatic rings. The molecule has 1 aliphatic carbocycles. The van der Waals surface area contributed by atoms with Gasteiger partial charge in [-0.3, -0.25) is 9.59 Å². The molecule has 2 heterocycles. The van der Waals surface area contributed by atoms with Crippen LogP contribution in [-0.4, -0.2) is 30.3 Å². The first-order chi connectivity index (χ1) is 14.6. The van der Waals surface area contributed by atoms with Gasteiger partial charge in [-0.05, 0) is 37.1 Å². The van der Waals surface area contributed by atoms with Gasteiger partial charge >= 0.3 is 5.97 Å². The number of carbonyl (C=O) groups is 2. The molecule has 1 fully saturated rings. The first kappa shape index (κ1) is 21.5. The number of amides is 1. The lowest BCUT2D eigenvalue weighted by Crippen LogP contribution is -2.27. The summed E-state index contributed by atoms with van der Waals surface area (Å²) in [5.74, 6) is -2.86. The number of hydrogen-bond donors (Lipinski definition) is 2. The molecule has 0 radical (unpaired) electrons. The smallest absolute Gasteiger partial charge is 0.341 e. The van der Waals surface area contributed by atoms with E-state index >= 15 is 0 Å². The van der Waals surface area contributed by atoms with Crippen LogP contribution in [0.3, 0.4) is 0 Å². The fraction of sp³-hybridized carbons (Fsp3) is 0.200. The van der Waals surface area contributed by atoms with Crippen LogP contribution in [-0.2, 0) is 4.79 Å². The third kappa shape index (κ3) is 4.23. The number of aromatic nitrogens is 2. The van der Waals surface area contributed by atoms with Crippen molar-refractivity contribution in [3.63, 3.8) is 0 Å². The van der Waals surface area contributed by atoms with Gasteiger partial charge in [0.25, 0.3) is 9.70 Å². The molecule has 160 valence electrons. The largest absolute Gasteiger partial charge is 0.477 e. The summed E-state index contributed by atoms with van der Waals surface area (Å²) in [6, 6.07) is 5.51. The average molecular weight is 485 g/mol. The van der Waals surface area contributed by atoms with Gasteiger partial charge in [-0.15, -0.1) is 0 Å². The molecule has 1 saturated carbocycles. The van der Waals surface area contributed by atoms with Crippen LogP contribution in [0.1, 0.15) is 29.2 Å². The standard InChI is InChI=1S/C20H13Cl3FN3O4/c21-20(22,23)19(31)26-16-4-1-9(7-25-16)11-6-15-12(5-14(11)24)17(28)13(18(29)30)8-27(15)10-2-3-10/h1,4-8,10H,2-3H2,(H,29,30)(H,25,26,31). The number of fused-ring (bicyclic) bond motifs is 1. The van der Waals surface area contributed by atoms with Crippen LogP contribution in [0.4, 0.5) is 10.2 Å². The molecule has 0 saturated heterocycles. The molecule has 31 heavy (non-hydrogen) atoms. The van der Waals surface area contributed by atoms with Gasteiger partial charge in [0, 0.05) is 34.9 Å². The zero-order valence-electron chi connectivity index (χ0n) is 15.5. The van der Waals surface area contributed by atoms with Gasteiger partial charge in [-0.25, -0.2) is 14.2 Å². The lowest BCUT2D eigenvalue weighted by molar-refractivity contribution is -0.115. The second kappa shape index (κ2) is 7.78. The predicted molar refractivity (Wildman–Crippen MR) is 116 cm³/mol. The number of hydrogen-bond acceptors (Lipinski definition) is 4. The molecule has 0 unspecified atom stereocenters. The number of anilines is 1. The van der Waals surface area contributed by atoms with E-state index in [0.29, 0.717) is 11.1 Å². The molecule has 2 aromatic heterocycles. The molecule has 11 heteroatoms. The van der Waals surface area contributed by atoms with Gasteiger partial charge < -0.3 is 15.0 Å². The molecule has 0 spiro atoms. The fourth-order valence-corrected chi connectivity index (χ4v) is 3.35. The van der Waals surface area contributed by atoms with Crippen LogP contribution in [0, 0.1) is 5.82 Å². The Bertz CT molecular complexity index is 1280. The normalized spacial score (nSPS) is 13.9. The number of nitrogens with one attached hydrogen (secondary N) is 1. The van der Waals surface area contributed by atoms with Crippen molar-refractivity contribution in [1.82, 2.24) is 9.55 Å². The number of rotatable bonds is 4. The van der Waals surface area contributed by atoms with Gasteiger partial charge in [0.2, 0.25) is 5.43 Å². The third-order valence-corrected chi connectivity index (χ3v) is 5.38. The second-order valence-corrected chi connectivity index (χ2v) is 9.33. The summed E-state index contributed by atoms with van der Waals surface area (Å²) >= 11 is 16.5. The molecule has 1 aliphatic rings. The van der Waals surface area contributed by atoms with E-state index in [1.54, 1.807) is 4.57 Å². The zero-order chi connectivity index (χ0) is 22.5. The maximum absolute atomic E-state index is 14.9. The average Bonchev–Trinajstić information content (AvgIpc) is 3.53. The van der Waals surface area contributed by atoms with E-state index in [1.165, 1.54) is 30.6 Å². The quantitative estimate of drug-likeness (QED) is 0.529. The Kier molecular flexibility index (Phi) is 5.41. The first-order valence-electron chi connectivity index (χ1n) is 9.02. The lowest BCUT2D eigenvalue weighted by atomic mass is 10.0. The van der Waals surface area contributed by atoms with E-state index in [2.05, 4.69) is 10.3 Å². The van der Waals surface area contributed by atoms with Gasteiger partial charge in [-0.2, -0.15) is 0 Å². The van der Waals surface area contributed by atoms with Crippen LogP contribution in [0.2, 0.25) is 0 Å². The summed E-state index contributed by atoms with van der Waals surface area (Å²) < 4.78 is 14.4. The predicted octanol–water partition coefficient (Wildman–Crippen LogP) is 4.54. The van der Waals surface area contributed by atoms with Crippen molar-refractivity contribution in [2.75, 3.05) is 5.32 Å². The molecule has 0 bridgehead atoms. The van der Waals surface area contributed by atoms with E-state index in [4.69, 9.17) is 34.8 Å². The molecule has 0 aliphatic heterocycles. The van der Waals surface area contributed by atoms with E-state index in [1.807, 2.05) is 0 Å². The minimum Gasteiger partial charge on any atom is -0.477 e. The number of nitrogens with zero attached hydrogens (tertiary/aromatic N) is 2. The number of carboxylic acids is 1. The van der Waals surface area contributed by atoms with Crippen molar-refractivity contribution in [3.8, 4) is 11.1 Å². The molecule has 4 rings (SSSR count). The van der Waals surface area contributed by atoms with E-state index < -0.39 is 32.5 Å². The van der Waals surface area contributed by atoms with E-state index in [0.717, 1.165) is 18.9 Å². The minimum absolute atomic E-state index is 0.00688. The lowest BCUT2D eigenvalue weighted by Gasteiger charge is -2.14. The van der Waals surface area contributed by atoms with Crippen molar-refractivity contribution in [1.29, 1.82) is 0 Å². The summed E-state index contributed by atoms with van der Waals surface area (Å²) in [7, 11) is 0. The number of pyridine rings is 2. The van der Waals surface area contributed by atoms with Crippen LogP contribution in [0.5, 0.6) is 0 Å². The van der Waals surface area contributed by atoms with Crippen molar-refractivity contribution in [2.24, 2.45) is 0 Å². The Hall–Kier alpha value is -2.68. The monoisotopic (exact) mass is 483 g/mol. The van der Waals surface area contributed by atoms with Crippen LogP contribution in [0.25, 0.3) is 22.0 Å². The highest BCUT2D eigenvalue weighted by atomic mass is 35.6. The first-order valence-corrected chi connectivity index (χ1v) is 10.2. The zero-order valence-corrected chi connectivity index (χ0v) is 17.8. The number of alkyl halides is 3. The molecule has 1 aromatic carbocycles. The number of aromatic carboxylic acids is 1. The Morgan fingerprint density at radius 1 is 1.23 bits per heavy atom. The highest BCUT2D eigenvalue weighted by Crippen LogP contribution is 2.38. The highest BCUT2D eigenvalue weighted by Gasteiger charge is 2.31. The molecule has 2 N–H and O–H groups in total. The molecule has 1 amide bonds. The van der Waals surface area contributed by atoms with Gasteiger partial charge in [-0.1, -0.05) is 34.8 Å². The molecular formula is C20H13Cl3FN3O4. The second-order valence-electron chi connectivity index (χ2n) is 7.05. The third-order valence-electron chi connectivity index (χ3n) is 4.87. The Morgan fingerprint density at radius 3 is 2.48 bits per heavy atom. The number of carbonyl (C=O) groups excluding carboxylic acids is 1. The van der Waals surface area contributed by atoms with Crippen molar-refractivity contribution in [2.45, 2.75) is 22.7 Å². The van der Waals surface area contributed by atoms with Gasteiger partial charge in [0.15, 0.2) is 0 Å². The Labute approximate surface area is 189 Å². The Balaban J connectivity index is 1.78. The number of halogens is 4. The number of benzene rings is 1. The van der Waals surface area contributed by atoms with Crippen molar-refractivity contribution >= 4 is 63.4 Å². The number of carboxylic acid groups (broad SMARTS) is 1. The van der Waals surface area contributed by atoms with Crippen molar-refractivity contribution < 1.29 is 19.1 Å². The van der Waals surface area contributed by atoms with Crippen LogP contribution >= 0.6 is 34.8 Å². The minimum atomic E-state index is -2.16. The molecule has 0 atom stereocenters. The summed E-state index contributed by atoms with van der Waals surface area (Å²) in [6.45, 7) is 0. The van der Waals surface area contributed by atoms with Gasteiger partial charge in [0.05, 0.1) is 5.52 Å². The molecule has 7 nitrogen and oxygen atoms in total. The summed E-state index contributed by atoms with van der Waals surface area (Å²) in [4.78, 5) is 39.7. The summed E-state index contributed by atoms with van der Waals surface area (Å²) in [6.07, 6.45) is 4.30. The SMILES string of the molecule is O=C(O)c1cn(C2CC2)c2cc(-c3ccc(NC(=O)C(Cl)(Cl)Cl)nc3)c(F)cc2c1=O. The summed E-state index contributed by atoms with van der Waals surface area (Å²) in [5, 5.41) is 11.6. The highest BCUT2D eigenvalue weighted by molar-refractivity contribution is 6.76. The maximum Gasteiger partial charge on any atom is 0.341 e. The molecular weight excluding hydrogens is 472 g/mol. The van der Waals surface area contributed by atoms with Crippen LogP contribution < -0.4 is 10.7 Å².